The SMILES string of the molecule is c1nc2ccc(CN[C@@H]3CN4CCC3CC4)cc2s1. The smallest absolute Gasteiger partial charge is 0.0812 e. The predicted octanol–water partition coefficient (Wildman–Crippen LogP) is 2.48. The third-order valence-corrected chi connectivity index (χ3v) is 5.41. The molecule has 3 saturated heterocycles. The number of rotatable bonds is 3. The van der Waals surface area contributed by atoms with Crippen molar-refractivity contribution in [2.75, 3.05) is 19.6 Å². The first kappa shape index (κ1) is 11.8. The zero-order valence-electron chi connectivity index (χ0n) is 11.0. The van der Waals surface area contributed by atoms with E-state index in [1.165, 1.54) is 42.7 Å². The van der Waals surface area contributed by atoms with Gasteiger partial charge in [-0.15, -0.1) is 11.3 Å². The second-order valence-electron chi connectivity index (χ2n) is 5.78. The van der Waals surface area contributed by atoms with Crippen molar-refractivity contribution >= 4 is 21.6 Å². The van der Waals surface area contributed by atoms with Crippen LogP contribution >= 0.6 is 11.3 Å². The van der Waals surface area contributed by atoms with Gasteiger partial charge in [-0.25, -0.2) is 4.98 Å². The van der Waals surface area contributed by atoms with E-state index in [9.17, 15) is 0 Å². The van der Waals surface area contributed by atoms with Gasteiger partial charge in [0.25, 0.3) is 0 Å². The van der Waals surface area contributed by atoms with Crippen molar-refractivity contribution in [1.82, 2.24) is 15.2 Å². The first-order valence-corrected chi connectivity index (χ1v) is 8.04. The Morgan fingerprint density at radius 2 is 2.21 bits per heavy atom. The van der Waals surface area contributed by atoms with Crippen LogP contribution in [0.1, 0.15) is 18.4 Å². The number of aromatic nitrogens is 1. The van der Waals surface area contributed by atoms with E-state index in [-0.39, 0.29) is 0 Å². The molecular formula is C15H19N3S. The highest BCUT2D eigenvalue weighted by molar-refractivity contribution is 7.16. The molecule has 3 nitrogen and oxygen atoms in total. The van der Waals surface area contributed by atoms with E-state index < -0.39 is 0 Å². The highest BCUT2D eigenvalue weighted by Gasteiger charge is 2.33. The molecule has 4 heteroatoms. The van der Waals surface area contributed by atoms with E-state index in [1.54, 1.807) is 11.3 Å². The summed E-state index contributed by atoms with van der Waals surface area (Å²) in [6.07, 6.45) is 2.76. The van der Waals surface area contributed by atoms with E-state index in [0.29, 0.717) is 6.04 Å². The second kappa shape index (κ2) is 4.85. The summed E-state index contributed by atoms with van der Waals surface area (Å²) in [4.78, 5) is 6.93. The van der Waals surface area contributed by atoms with Gasteiger partial charge in [-0.1, -0.05) is 6.07 Å². The van der Waals surface area contributed by atoms with Crippen LogP contribution in [0.4, 0.5) is 0 Å². The fourth-order valence-corrected chi connectivity index (χ4v) is 4.20. The maximum absolute atomic E-state index is 4.33. The van der Waals surface area contributed by atoms with Crippen LogP contribution < -0.4 is 5.32 Å². The van der Waals surface area contributed by atoms with Crippen molar-refractivity contribution in [2.24, 2.45) is 5.92 Å². The average molecular weight is 273 g/mol. The number of nitrogens with one attached hydrogen (secondary N) is 1. The Labute approximate surface area is 117 Å². The number of piperidine rings is 3. The molecule has 0 aliphatic carbocycles. The Morgan fingerprint density at radius 3 is 3.00 bits per heavy atom. The average Bonchev–Trinajstić information content (AvgIpc) is 2.94. The van der Waals surface area contributed by atoms with Crippen LogP contribution in [-0.4, -0.2) is 35.6 Å². The molecular weight excluding hydrogens is 254 g/mol. The summed E-state index contributed by atoms with van der Waals surface area (Å²) in [5.74, 6) is 0.900. The monoisotopic (exact) mass is 273 g/mol. The number of benzene rings is 1. The summed E-state index contributed by atoms with van der Waals surface area (Å²) in [5.41, 5.74) is 4.43. The van der Waals surface area contributed by atoms with Gasteiger partial charge in [-0.2, -0.15) is 0 Å². The van der Waals surface area contributed by atoms with E-state index in [4.69, 9.17) is 0 Å². The quantitative estimate of drug-likeness (QED) is 0.931. The zero-order valence-corrected chi connectivity index (χ0v) is 11.8. The molecule has 0 spiro atoms. The van der Waals surface area contributed by atoms with Crippen molar-refractivity contribution in [1.29, 1.82) is 0 Å². The van der Waals surface area contributed by atoms with Crippen molar-refractivity contribution in [2.45, 2.75) is 25.4 Å². The highest BCUT2D eigenvalue weighted by Crippen LogP contribution is 2.27. The van der Waals surface area contributed by atoms with Crippen LogP contribution in [0, 0.1) is 5.92 Å². The molecule has 100 valence electrons. The summed E-state index contributed by atoms with van der Waals surface area (Å²) in [6, 6.07) is 7.32. The van der Waals surface area contributed by atoms with Gasteiger partial charge >= 0.3 is 0 Å². The van der Waals surface area contributed by atoms with Crippen molar-refractivity contribution < 1.29 is 0 Å². The minimum atomic E-state index is 0.694. The van der Waals surface area contributed by atoms with Crippen LogP contribution in [-0.2, 0) is 6.54 Å². The van der Waals surface area contributed by atoms with E-state index >= 15 is 0 Å². The lowest BCUT2D eigenvalue weighted by Crippen LogP contribution is -2.55. The van der Waals surface area contributed by atoms with E-state index in [1.807, 2.05) is 5.51 Å². The van der Waals surface area contributed by atoms with Gasteiger partial charge in [0.05, 0.1) is 15.7 Å². The predicted molar refractivity (Wildman–Crippen MR) is 79.4 cm³/mol. The zero-order chi connectivity index (χ0) is 12.7. The largest absolute Gasteiger partial charge is 0.308 e. The molecule has 19 heavy (non-hydrogen) atoms. The Kier molecular flexibility index (Phi) is 3.02. The van der Waals surface area contributed by atoms with Crippen LogP contribution in [0.15, 0.2) is 23.7 Å². The molecule has 1 aromatic carbocycles. The molecule has 0 saturated carbocycles. The molecule has 1 atom stereocenters. The molecule has 0 radical (unpaired) electrons. The van der Waals surface area contributed by atoms with Crippen molar-refractivity contribution in [3.63, 3.8) is 0 Å². The van der Waals surface area contributed by atoms with Crippen LogP contribution in [0.2, 0.25) is 0 Å². The highest BCUT2D eigenvalue weighted by atomic mass is 32.1. The molecule has 1 aromatic heterocycles. The minimum absolute atomic E-state index is 0.694. The number of fused-ring (bicyclic) bond motifs is 4. The molecule has 0 unspecified atom stereocenters. The van der Waals surface area contributed by atoms with E-state index in [0.717, 1.165) is 18.0 Å². The van der Waals surface area contributed by atoms with Crippen LogP contribution in [0.25, 0.3) is 10.2 Å². The fraction of sp³-hybridized carbons (Fsp3) is 0.533. The summed E-state index contributed by atoms with van der Waals surface area (Å²) >= 11 is 1.73. The van der Waals surface area contributed by atoms with Gasteiger partial charge < -0.3 is 10.2 Å². The molecule has 0 amide bonds. The summed E-state index contributed by atoms with van der Waals surface area (Å²) < 4.78 is 1.30. The first-order chi connectivity index (χ1) is 9.38. The number of hydrogen-bond donors (Lipinski definition) is 1. The molecule has 3 aliphatic rings. The Hall–Kier alpha value is -0.970. The lowest BCUT2D eigenvalue weighted by molar-refractivity contribution is 0.0720. The van der Waals surface area contributed by atoms with E-state index in [2.05, 4.69) is 33.4 Å². The third kappa shape index (κ3) is 2.29. The van der Waals surface area contributed by atoms with Gasteiger partial charge in [0.15, 0.2) is 0 Å². The molecule has 2 aromatic rings. The Bertz CT molecular complexity index is 572. The number of thiazole rings is 1. The molecule has 4 heterocycles. The lowest BCUT2D eigenvalue weighted by atomic mass is 9.84. The maximum Gasteiger partial charge on any atom is 0.0812 e. The fourth-order valence-electron chi connectivity index (χ4n) is 3.45. The summed E-state index contributed by atoms with van der Waals surface area (Å²) in [6.45, 7) is 4.86. The standard InChI is InChI=1S/C15H19N3S/c1-2-13-15(19-10-17-13)7-11(1)8-16-14-9-18-5-3-12(14)4-6-18/h1-2,7,10,12,14,16H,3-6,8-9H2/t14-/m1/s1. The summed E-state index contributed by atoms with van der Waals surface area (Å²) in [7, 11) is 0. The van der Waals surface area contributed by atoms with Crippen molar-refractivity contribution in [3.8, 4) is 0 Å². The lowest BCUT2D eigenvalue weighted by Gasteiger charge is -2.45. The molecule has 3 aliphatic heterocycles. The van der Waals surface area contributed by atoms with Gasteiger partial charge in [0.1, 0.15) is 0 Å². The third-order valence-electron chi connectivity index (χ3n) is 4.62. The van der Waals surface area contributed by atoms with Crippen LogP contribution in [0.3, 0.4) is 0 Å². The van der Waals surface area contributed by atoms with Gasteiger partial charge in [0.2, 0.25) is 0 Å². The number of nitrogens with zero attached hydrogens (tertiary/aromatic N) is 2. The summed E-state index contributed by atoms with van der Waals surface area (Å²) in [5, 5.41) is 3.77. The normalized spacial score (nSPS) is 30.0. The van der Waals surface area contributed by atoms with Gasteiger partial charge in [-0.3, -0.25) is 0 Å². The topological polar surface area (TPSA) is 28.2 Å². The minimum Gasteiger partial charge on any atom is -0.308 e. The molecule has 1 N–H and O–H groups in total. The maximum atomic E-state index is 4.33. The van der Waals surface area contributed by atoms with Crippen LogP contribution in [0.5, 0.6) is 0 Å². The van der Waals surface area contributed by atoms with Gasteiger partial charge in [-0.05, 0) is 49.5 Å². The van der Waals surface area contributed by atoms with Gasteiger partial charge in [0, 0.05) is 19.1 Å². The second-order valence-corrected chi connectivity index (χ2v) is 6.67. The number of hydrogen-bond acceptors (Lipinski definition) is 4. The molecule has 5 rings (SSSR count). The molecule has 2 bridgehead atoms. The molecule has 3 fully saturated rings. The Morgan fingerprint density at radius 1 is 1.32 bits per heavy atom. The first-order valence-electron chi connectivity index (χ1n) is 7.16. The van der Waals surface area contributed by atoms with Crippen molar-refractivity contribution in [3.05, 3.63) is 29.3 Å². The Balaban J connectivity index is 1.44.